The highest BCUT2D eigenvalue weighted by atomic mass is 35.5. The summed E-state index contributed by atoms with van der Waals surface area (Å²) < 4.78 is 0. The van der Waals surface area contributed by atoms with E-state index in [1.807, 2.05) is 12.1 Å². The van der Waals surface area contributed by atoms with Crippen LogP contribution in [0.2, 0.25) is 5.02 Å². The smallest absolute Gasteiger partial charge is 0.0409 e. The molecule has 1 saturated heterocycles. The molecule has 0 amide bonds. The highest BCUT2D eigenvalue weighted by Crippen LogP contribution is 2.29. The minimum atomic E-state index is 0.316. The van der Waals surface area contributed by atoms with E-state index in [4.69, 9.17) is 11.6 Å². The maximum Gasteiger partial charge on any atom is 0.0409 e. The van der Waals surface area contributed by atoms with Gasteiger partial charge in [0.05, 0.1) is 0 Å². The first-order valence-electron chi connectivity index (χ1n) is 7.77. The minimum Gasteiger partial charge on any atom is -0.310 e. The van der Waals surface area contributed by atoms with Crippen molar-refractivity contribution in [2.45, 2.75) is 51.1 Å². The van der Waals surface area contributed by atoms with E-state index in [-0.39, 0.29) is 0 Å². The molecular weight excluding hydrogens is 268 g/mol. The highest BCUT2D eigenvalue weighted by Gasteiger charge is 2.34. The zero-order valence-electron chi connectivity index (χ0n) is 13.0. The molecule has 1 N–H and O–H groups in total. The first kappa shape index (κ1) is 15.8. The van der Waals surface area contributed by atoms with E-state index in [9.17, 15) is 0 Å². The van der Waals surface area contributed by atoms with Gasteiger partial charge in [0.1, 0.15) is 0 Å². The van der Waals surface area contributed by atoms with Crippen LogP contribution in [0.3, 0.4) is 0 Å². The fourth-order valence-corrected chi connectivity index (χ4v) is 3.61. The van der Waals surface area contributed by atoms with Gasteiger partial charge >= 0.3 is 0 Å². The molecular formula is C17H27ClN2. The predicted molar refractivity (Wildman–Crippen MR) is 87.4 cm³/mol. The van der Waals surface area contributed by atoms with Gasteiger partial charge in [0.2, 0.25) is 0 Å². The van der Waals surface area contributed by atoms with Crippen LogP contribution in [0.4, 0.5) is 0 Å². The molecule has 2 nitrogen and oxygen atoms in total. The molecule has 0 aromatic heterocycles. The molecule has 1 fully saturated rings. The number of nitrogens with one attached hydrogen (secondary N) is 1. The Morgan fingerprint density at radius 2 is 2.25 bits per heavy atom. The first-order chi connectivity index (χ1) is 9.56. The molecule has 0 aliphatic carbocycles. The lowest BCUT2D eigenvalue weighted by Gasteiger charge is -2.37. The second kappa shape index (κ2) is 6.93. The Labute approximate surface area is 128 Å². The van der Waals surface area contributed by atoms with Crippen molar-refractivity contribution in [3.63, 3.8) is 0 Å². The zero-order chi connectivity index (χ0) is 14.6. The molecule has 0 bridgehead atoms. The van der Waals surface area contributed by atoms with Gasteiger partial charge in [0.25, 0.3) is 0 Å². The van der Waals surface area contributed by atoms with E-state index in [0.29, 0.717) is 11.6 Å². The number of benzene rings is 1. The van der Waals surface area contributed by atoms with Crippen LogP contribution in [0.5, 0.6) is 0 Å². The summed E-state index contributed by atoms with van der Waals surface area (Å²) in [6.45, 7) is 6.82. The third-order valence-corrected chi connectivity index (χ3v) is 4.84. The lowest BCUT2D eigenvalue weighted by Crippen LogP contribution is -2.49. The van der Waals surface area contributed by atoms with Gasteiger partial charge in [-0.1, -0.05) is 37.1 Å². The Kier molecular flexibility index (Phi) is 5.48. The van der Waals surface area contributed by atoms with Crippen LogP contribution in [-0.4, -0.2) is 30.6 Å². The molecule has 112 valence electrons. The van der Waals surface area contributed by atoms with E-state index in [1.54, 1.807) is 0 Å². The van der Waals surface area contributed by atoms with Gasteiger partial charge in [-0.05, 0) is 57.5 Å². The Morgan fingerprint density at radius 1 is 1.45 bits per heavy atom. The number of likely N-dealkylation sites (N-methyl/N-ethyl adjacent to an activating group) is 1. The molecule has 0 spiro atoms. The normalized spacial score (nSPS) is 24.2. The summed E-state index contributed by atoms with van der Waals surface area (Å²) in [6.07, 6.45) is 5.11. The lowest BCUT2D eigenvalue weighted by molar-refractivity contribution is 0.175. The second-order valence-electron chi connectivity index (χ2n) is 6.21. The van der Waals surface area contributed by atoms with E-state index in [1.165, 1.54) is 37.8 Å². The lowest BCUT2D eigenvalue weighted by atomic mass is 9.90. The summed E-state index contributed by atoms with van der Waals surface area (Å²) in [5.41, 5.74) is 1.61. The average molecular weight is 295 g/mol. The largest absolute Gasteiger partial charge is 0.310 e. The summed E-state index contributed by atoms with van der Waals surface area (Å²) >= 11 is 6.11. The fourth-order valence-electron chi connectivity index (χ4n) is 3.41. The predicted octanol–water partition coefficient (Wildman–Crippen LogP) is 4.26. The molecule has 0 radical (unpaired) electrons. The first-order valence-corrected chi connectivity index (χ1v) is 8.15. The number of halogens is 1. The van der Waals surface area contributed by atoms with Crippen molar-refractivity contribution in [2.24, 2.45) is 0 Å². The molecule has 1 heterocycles. The van der Waals surface area contributed by atoms with Crippen molar-refractivity contribution in [1.82, 2.24) is 10.2 Å². The minimum absolute atomic E-state index is 0.316. The maximum absolute atomic E-state index is 6.11. The molecule has 2 atom stereocenters. The summed E-state index contributed by atoms with van der Waals surface area (Å²) in [4.78, 5) is 2.46. The number of nitrogens with zero attached hydrogens (tertiary/aromatic N) is 1. The molecule has 0 saturated carbocycles. The highest BCUT2D eigenvalue weighted by molar-refractivity contribution is 6.30. The molecule has 2 unspecified atom stereocenters. The molecule has 1 aromatic carbocycles. The van der Waals surface area contributed by atoms with Crippen molar-refractivity contribution < 1.29 is 0 Å². The Morgan fingerprint density at radius 3 is 2.85 bits per heavy atom. The summed E-state index contributed by atoms with van der Waals surface area (Å²) in [7, 11) is 2.23. The summed E-state index contributed by atoms with van der Waals surface area (Å²) in [5, 5.41) is 4.58. The van der Waals surface area contributed by atoms with Crippen LogP contribution >= 0.6 is 11.6 Å². The van der Waals surface area contributed by atoms with Gasteiger partial charge in [-0.3, -0.25) is 4.90 Å². The second-order valence-corrected chi connectivity index (χ2v) is 6.64. The van der Waals surface area contributed by atoms with Gasteiger partial charge < -0.3 is 5.32 Å². The van der Waals surface area contributed by atoms with Gasteiger partial charge in [0, 0.05) is 23.1 Å². The molecule has 1 aliphatic heterocycles. The van der Waals surface area contributed by atoms with Crippen LogP contribution in [0.15, 0.2) is 24.3 Å². The van der Waals surface area contributed by atoms with Crippen LogP contribution < -0.4 is 5.32 Å². The van der Waals surface area contributed by atoms with Gasteiger partial charge in [-0.2, -0.15) is 0 Å². The van der Waals surface area contributed by atoms with Crippen molar-refractivity contribution in [2.75, 3.05) is 20.1 Å². The van der Waals surface area contributed by atoms with Crippen molar-refractivity contribution in [3.8, 4) is 0 Å². The topological polar surface area (TPSA) is 15.3 Å². The van der Waals surface area contributed by atoms with Crippen LogP contribution in [0.25, 0.3) is 0 Å². The van der Waals surface area contributed by atoms with Gasteiger partial charge in [-0.25, -0.2) is 0 Å². The van der Waals surface area contributed by atoms with Gasteiger partial charge in [-0.15, -0.1) is 0 Å². The van der Waals surface area contributed by atoms with Crippen LogP contribution in [0, 0.1) is 0 Å². The SMILES string of the molecule is CCCC1(CN(C)C(C)c2cccc(Cl)c2)CCCN1. The fraction of sp³-hybridized carbons (Fsp3) is 0.647. The van der Waals surface area contributed by atoms with E-state index in [0.717, 1.165) is 11.6 Å². The molecule has 1 aliphatic rings. The standard InChI is InChI=1S/C17H27ClN2/c1-4-9-17(10-6-11-19-17)13-20(3)14(2)15-7-5-8-16(18)12-15/h5,7-8,12,14,19H,4,6,9-11,13H2,1-3H3. The van der Waals surface area contributed by atoms with Crippen LogP contribution in [0.1, 0.15) is 51.1 Å². The number of hydrogen-bond acceptors (Lipinski definition) is 2. The van der Waals surface area contributed by atoms with E-state index < -0.39 is 0 Å². The number of hydrogen-bond donors (Lipinski definition) is 1. The Bertz CT molecular complexity index is 427. The molecule has 20 heavy (non-hydrogen) atoms. The Hall–Kier alpha value is -0.570. The quantitative estimate of drug-likeness (QED) is 0.843. The molecule has 3 heteroatoms. The molecule has 2 rings (SSSR count). The third-order valence-electron chi connectivity index (χ3n) is 4.60. The molecule has 1 aromatic rings. The van der Waals surface area contributed by atoms with Crippen molar-refractivity contribution >= 4 is 11.6 Å². The van der Waals surface area contributed by atoms with Crippen molar-refractivity contribution in [1.29, 1.82) is 0 Å². The monoisotopic (exact) mass is 294 g/mol. The van der Waals surface area contributed by atoms with Gasteiger partial charge in [0.15, 0.2) is 0 Å². The number of rotatable bonds is 6. The third kappa shape index (κ3) is 3.75. The average Bonchev–Trinajstić information content (AvgIpc) is 2.86. The summed E-state index contributed by atoms with van der Waals surface area (Å²) in [5.74, 6) is 0. The maximum atomic E-state index is 6.11. The van der Waals surface area contributed by atoms with E-state index >= 15 is 0 Å². The van der Waals surface area contributed by atoms with Crippen molar-refractivity contribution in [3.05, 3.63) is 34.9 Å². The Balaban J connectivity index is 2.04. The van der Waals surface area contributed by atoms with Crippen LogP contribution in [-0.2, 0) is 0 Å². The van der Waals surface area contributed by atoms with E-state index in [2.05, 4.69) is 43.2 Å². The summed E-state index contributed by atoms with van der Waals surface area (Å²) in [6, 6.07) is 8.62. The zero-order valence-corrected chi connectivity index (χ0v) is 13.7.